The summed E-state index contributed by atoms with van der Waals surface area (Å²) < 4.78 is 5.26. The van der Waals surface area contributed by atoms with Crippen LogP contribution in [0.3, 0.4) is 0 Å². The van der Waals surface area contributed by atoms with Gasteiger partial charge >= 0.3 is 0 Å². The van der Waals surface area contributed by atoms with Crippen LogP contribution in [0.25, 0.3) is 0 Å². The highest BCUT2D eigenvalue weighted by atomic mass is 16.5. The second-order valence-corrected chi connectivity index (χ2v) is 4.52. The summed E-state index contributed by atoms with van der Waals surface area (Å²) in [5.41, 5.74) is 0. The van der Waals surface area contributed by atoms with E-state index in [9.17, 15) is 9.59 Å². The fourth-order valence-electron chi connectivity index (χ4n) is 2.03. The van der Waals surface area contributed by atoms with E-state index in [4.69, 9.17) is 4.74 Å². The lowest BCUT2D eigenvalue weighted by atomic mass is 10.3. The molecule has 2 amide bonds. The first-order chi connectivity index (χ1) is 8.69. The number of hydrogen-bond acceptors (Lipinski definition) is 3. The van der Waals surface area contributed by atoms with Gasteiger partial charge in [0, 0.05) is 39.2 Å². The van der Waals surface area contributed by atoms with E-state index in [1.54, 1.807) is 4.90 Å². The van der Waals surface area contributed by atoms with Gasteiger partial charge in [-0.1, -0.05) is 13.8 Å². The minimum absolute atomic E-state index is 0.0363. The first-order valence-corrected chi connectivity index (χ1v) is 6.82. The Bertz CT molecular complexity index is 281. The maximum Gasteiger partial charge on any atom is 0.248 e. The van der Waals surface area contributed by atoms with Crippen molar-refractivity contribution in [2.45, 2.75) is 33.1 Å². The topological polar surface area (TPSA) is 49.9 Å². The van der Waals surface area contributed by atoms with Crippen LogP contribution in [0.2, 0.25) is 0 Å². The number of carbonyl (C=O) groups is 2. The van der Waals surface area contributed by atoms with Crippen LogP contribution in [-0.4, -0.2) is 61.0 Å². The number of ether oxygens (including phenoxy) is 1. The molecule has 1 rings (SSSR count). The van der Waals surface area contributed by atoms with Crippen LogP contribution in [0.5, 0.6) is 0 Å². The second kappa shape index (κ2) is 8.08. The van der Waals surface area contributed by atoms with Gasteiger partial charge in [0.25, 0.3) is 0 Å². The average molecular weight is 256 g/mol. The Labute approximate surface area is 109 Å². The minimum Gasteiger partial charge on any atom is -0.372 e. The summed E-state index contributed by atoms with van der Waals surface area (Å²) in [5, 5.41) is 0. The zero-order chi connectivity index (χ0) is 13.4. The maximum atomic E-state index is 11.9. The van der Waals surface area contributed by atoms with Gasteiger partial charge in [-0.3, -0.25) is 9.59 Å². The van der Waals surface area contributed by atoms with Crippen LogP contribution in [-0.2, 0) is 14.3 Å². The molecule has 0 aromatic carbocycles. The fraction of sp³-hybridized carbons (Fsp3) is 0.846. The quantitative estimate of drug-likeness (QED) is 0.686. The third-order valence-electron chi connectivity index (χ3n) is 3.08. The molecule has 1 aliphatic heterocycles. The molecule has 0 aliphatic carbocycles. The zero-order valence-electron chi connectivity index (χ0n) is 11.5. The molecular weight excluding hydrogens is 232 g/mol. The molecule has 104 valence electrons. The van der Waals surface area contributed by atoms with Crippen LogP contribution >= 0.6 is 0 Å². The van der Waals surface area contributed by atoms with Crippen LogP contribution < -0.4 is 0 Å². The molecule has 5 heteroatoms. The van der Waals surface area contributed by atoms with Crippen LogP contribution in [0.1, 0.15) is 33.1 Å². The molecule has 18 heavy (non-hydrogen) atoms. The van der Waals surface area contributed by atoms with Gasteiger partial charge in [-0.15, -0.1) is 0 Å². The zero-order valence-corrected chi connectivity index (χ0v) is 11.5. The Morgan fingerprint density at radius 3 is 2.17 bits per heavy atom. The third-order valence-corrected chi connectivity index (χ3v) is 3.08. The Kier molecular flexibility index (Phi) is 6.72. The predicted octanol–water partition coefficient (Wildman–Crippen LogP) is 0.884. The van der Waals surface area contributed by atoms with E-state index in [0.717, 1.165) is 25.9 Å². The monoisotopic (exact) mass is 256 g/mol. The molecule has 0 unspecified atom stereocenters. The van der Waals surface area contributed by atoms with Gasteiger partial charge in [-0.2, -0.15) is 0 Å². The summed E-state index contributed by atoms with van der Waals surface area (Å²) in [6.45, 7) is 7.43. The minimum atomic E-state index is 0.0363. The van der Waals surface area contributed by atoms with Gasteiger partial charge in [-0.05, 0) is 12.8 Å². The lowest BCUT2D eigenvalue weighted by Crippen LogP contribution is -2.38. The highest BCUT2D eigenvalue weighted by Crippen LogP contribution is 2.05. The molecule has 0 spiro atoms. The SMILES string of the molecule is CCCOCC(=O)N1CCCN(C(=O)CC)CC1. The molecule has 0 N–H and O–H groups in total. The van der Waals surface area contributed by atoms with Gasteiger partial charge in [0.1, 0.15) is 6.61 Å². The number of carbonyl (C=O) groups excluding carboxylic acids is 2. The predicted molar refractivity (Wildman–Crippen MR) is 69.2 cm³/mol. The Morgan fingerprint density at radius 2 is 1.61 bits per heavy atom. The van der Waals surface area contributed by atoms with Crippen LogP contribution in [0.15, 0.2) is 0 Å². The largest absolute Gasteiger partial charge is 0.372 e. The number of hydrogen-bond donors (Lipinski definition) is 0. The van der Waals surface area contributed by atoms with Crippen molar-refractivity contribution in [3.05, 3.63) is 0 Å². The van der Waals surface area contributed by atoms with Crippen molar-refractivity contribution in [2.24, 2.45) is 0 Å². The normalized spacial score (nSPS) is 16.6. The van der Waals surface area contributed by atoms with Gasteiger partial charge in [-0.25, -0.2) is 0 Å². The molecule has 0 radical (unpaired) electrons. The van der Waals surface area contributed by atoms with Crippen LogP contribution in [0, 0.1) is 0 Å². The van der Waals surface area contributed by atoms with E-state index in [0.29, 0.717) is 26.1 Å². The average Bonchev–Trinajstić information content (AvgIpc) is 2.63. The van der Waals surface area contributed by atoms with Crippen molar-refractivity contribution >= 4 is 11.8 Å². The number of nitrogens with zero attached hydrogens (tertiary/aromatic N) is 2. The lowest BCUT2D eigenvalue weighted by molar-refractivity contribution is -0.136. The molecule has 0 atom stereocenters. The molecule has 0 saturated carbocycles. The molecule has 1 heterocycles. The lowest BCUT2D eigenvalue weighted by Gasteiger charge is -2.21. The fourth-order valence-corrected chi connectivity index (χ4v) is 2.03. The Balaban J connectivity index is 2.36. The maximum absolute atomic E-state index is 11.9. The Hall–Kier alpha value is -1.10. The molecule has 0 aromatic heterocycles. The second-order valence-electron chi connectivity index (χ2n) is 4.52. The summed E-state index contributed by atoms with van der Waals surface area (Å²) >= 11 is 0. The van der Waals surface area contributed by atoms with Crippen LogP contribution in [0.4, 0.5) is 0 Å². The standard InChI is InChI=1S/C13H24N2O3/c1-3-10-18-11-13(17)15-7-5-6-14(8-9-15)12(16)4-2/h3-11H2,1-2H3. The van der Waals surface area contributed by atoms with E-state index < -0.39 is 0 Å². The van der Waals surface area contributed by atoms with E-state index in [1.807, 2.05) is 18.7 Å². The molecule has 1 saturated heterocycles. The van der Waals surface area contributed by atoms with Crippen molar-refractivity contribution in [1.29, 1.82) is 0 Å². The smallest absolute Gasteiger partial charge is 0.248 e. The van der Waals surface area contributed by atoms with Crippen molar-refractivity contribution < 1.29 is 14.3 Å². The molecule has 5 nitrogen and oxygen atoms in total. The first kappa shape index (κ1) is 15.0. The van der Waals surface area contributed by atoms with Crippen molar-refractivity contribution in [3.63, 3.8) is 0 Å². The van der Waals surface area contributed by atoms with Crippen molar-refractivity contribution in [1.82, 2.24) is 9.80 Å². The molecule has 1 fully saturated rings. The third kappa shape index (κ3) is 4.64. The van der Waals surface area contributed by atoms with Crippen molar-refractivity contribution in [2.75, 3.05) is 39.4 Å². The van der Waals surface area contributed by atoms with E-state index in [1.165, 1.54) is 0 Å². The van der Waals surface area contributed by atoms with Gasteiger partial charge in [0.15, 0.2) is 0 Å². The molecule has 0 bridgehead atoms. The van der Waals surface area contributed by atoms with E-state index >= 15 is 0 Å². The first-order valence-electron chi connectivity index (χ1n) is 6.82. The number of amides is 2. The highest BCUT2D eigenvalue weighted by molar-refractivity contribution is 5.78. The summed E-state index contributed by atoms with van der Waals surface area (Å²) in [7, 11) is 0. The molecule has 1 aliphatic rings. The summed E-state index contributed by atoms with van der Waals surface area (Å²) in [5.74, 6) is 0.209. The van der Waals surface area contributed by atoms with Gasteiger partial charge in [0.2, 0.25) is 11.8 Å². The van der Waals surface area contributed by atoms with Gasteiger partial charge < -0.3 is 14.5 Å². The van der Waals surface area contributed by atoms with Gasteiger partial charge in [0.05, 0.1) is 0 Å². The van der Waals surface area contributed by atoms with Crippen molar-refractivity contribution in [3.8, 4) is 0 Å². The summed E-state index contributed by atoms with van der Waals surface area (Å²) in [4.78, 5) is 27.1. The summed E-state index contributed by atoms with van der Waals surface area (Å²) in [6.07, 6.45) is 2.31. The molecular formula is C13H24N2O3. The molecule has 0 aromatic rings. The number of rotatable bonds is 5. The Morgan fingerprint density at radius 1 is 1.00 bits per heavy atom. The highest BCUT2D eigenvalue weighted by Gasteiger charge is 2.20. The van der Waals surface area contributed by atoms with E-state index in [2.05, 4.69) is 0 Å². The summed E-state index contributed by atoms with van der Waals surface area (Å²) in [6, 6.07) is 0. The van der Waals surface area contributed by atoms with E-state index in [-0.39, 0.29) is 18.4 Å².